The molecule has 0 aromatic heterocycles. The van der Waals surface area contributed by atoms with Gasteiger partial charge in [0, 0.05) is 0 Å². The summed E-state index contributed by atoms with van der Waals surface area (Å²) in [4.78, 5) is 10.4. The molecule has 0 unspecified atom stereocenters. The van der Waals surface area contributed by atoms with Gasteiger partial charge < -0.3 is 9.84 Å². The zero-order chi connectivity index (χ0) is 12.3. The van der Waals surface area contributed by atoms with E-state index in [1.54, 1.807) is 12.1 Å². The SMILES string of the molecule is Cc1cc(OC(=O)O)ccc1-c1ccccc1. The first-order valence-electron chi connectivity index (χ1n) is 5.23. The third kappa shape index (κ3) is 2.64. The summed E-state index contributed by atoms with van der Waals surface area (Å²) in [5, 5.41) is 8.52. The predicted octanol–water partition coefficient (Wildman–Crippen LogP) is 3.72. The van der Waals surface area contributed by atoms with Crippen LogP contribution >= 0.6 is 0 Å². The van der Waals surface area contributed by atoms with Crippen molar-refractivity contribution in [3.05, 3.63) is 54.1 Å². The molecule has 0 aliphatic carbocycles. The molecule has 17 heavy (non-hydrogen) atoms. The van der Waals surface area contributed by atoms with Crippen LogP contribution in [0.15, 0.2) is 48.5 Å². The number of benzene rings is 2. The molecule has 0 aliphatic rings. The molecular weight excluding hydrogens is 216 g/mol. The second-order valence-electron chi connectivity index (χ2n) is 3.71. The van der Waals surface area contributed by atoms with Gasteiger partial charge in [-0.25, -0.2) is 4.79 Å². The van der Waals surface area contributed by atoms with Crippen LogP contribution < -0.4 is 4.74 Å². The fourth-order valence-corrected chi connectivity index (χ4v) is 1.74. The van der Waals surface area contributed by atoms with E-state index >= 15 is 0 Å². The lowest BCUT2D eigenvalue weighted by Crippen LogP contribution is -2.03. The Morgan fingerprint density at radius 3 is 2.41 bits per heavy atom. The Balaban J connectivity index is 2.35. The van der Waals surface area contributed by atoms with Crippen LogP contribution in [-0.2, 0) is 0 Å². The highest BCUT2D eigenvalue weighted by Gasteiger charge is 2.05. The number of aryl methyl sites for hydroxylation is 1. The van der Waals surface area contributed by atoms with Crippen molar-refractivity contribution in [2.45, 2.75) is 6.92 Å². The summed E-state index contributed by atoms with van der Waals surface area (Å²) >= 11 is 0. The van der Waals surface area contributed by atoms with Crippen molar-refractivity contribution in [3.63, 3.8) is 0 Å². The second-order valence-corrected chi connectivity index (χ2v) is 3.71. The van der Waals surface area contributed by atoms with E-state index in [4.69, 9.17) is 5.11 Å². The molecule has 3 heteroatoms. The Kier molecular flexibility index (Phi) is 3.10. The maximum atomic E-state index is 10.4. The van der Waals surface area contributed by atoms with Crippen LogP contribution in [0.1, 0.15) is 5.56 Å². The highest BCUT2D eigenvalue weighted by molar-refractivity contribution is 5.69. The minimum absolute atomic E-state index is 0.342. The minimum Gasteiger partial charge on any atom is -0.449 e. The average molecular weight is 228 g/mol. The van der Waals surface area contributed by atoms with E-state index in [1.807, 2.05) is 43.3 Å². The molecule has 0 spiro atoms. The molecule has 3 nitrogen and oxygen atoms in total. The maximum Gasteiger partial charge on any atom is 0.511 e. The van der Waals surface area contributed by atoms with Crippen molar-refractivity contribution >= 4 is 6.16 Å². The van der Waals surface area contributed by atoms with Gasteiger partial charge in [0.2, 0.25) is 0 Å². The van der Waals surface area contributed by atoms with Crippen molar-refractivity contribution in [1.82, 2.24) is 0 Å². The number of hydrogen-bond acceptors (Lipinski definition) is 2. The molecule has 2 aromatic carbocycles. The number of rotatable bonds is 2. The van der Waals surface area contributed by atoms with Crippen molar-refractivity contribution in [2.75, 3.05) is 0 Å². The van der Waals surface area contributed by atoms with E-state index in [9.17, 15) is 4.79 Å². The number of carbonyl (C=O) groups is 1. The fraction of sp³-hybridized carbons (Fsp3) is 0.0714. The molecule has 0 atom stereocenters. The summed E-state index contributed by atoms with van der Waals surface area (Å²) in [5.74, 6) is 0.342. The summed E-state index contributed by atoms with van der Waals surface area (Å²) in [7, 11) is 0. The number of carboxylic acid groups (broad SMARTS) is 1. The van der Waals surface area contributed by atoms with Crippen LogP contribution in [0.5, 0.6) is 5.75 Å². The van der Waals surface area contributed by atoms with Crippen molar-refractivity contribution in [2.24, 2.45) is 0 Å². The van der Waals surface area contributed by atoms with Crippen molar-refractivity contribution < 1.29 is 14.6 Å². The second kappa shape index (κ2) is 4.70. The zero-order valence-electron chi connectivity index (χ0n) is 9.38. The van der Waals surface area contributed by atoms with Gasteiger partial charge in [0.25, 0.3) is 0 Å². The molecule has 0 heterocycles. The van der Waals surface area contributed by atoms with Gasteiger partial charge in [0.1, 0.15) is 5.75 Å². The Bertz CT molecular complexity index is 532. The molecule has 0 amide bonds. The van der Waals surface area contributed by atoms with E-state index in [0.29, 0.717) is 5.75 Å². The predicted molar refractivity (Wildman–Crippen MR) is 65.3 cm³/mol. The van der Waals surface area contributed by atoms with E-state index < -0.39 is 6.16 Å². The molecule has 86 valence electrons. The largest absolute Gasteiger partial charge is 0.511 e. The van der Waals surface area contributed by atoms with Gasteiger partial charge in [0.15, 0.2) is 0 Å². The van der Waals surface area contributed by atoms with Gasteiger partial charge in [-0.15, -0.1) is 0 Å². The topological polar surface area (TPSA) is 46.5 Å². The first-order chi connectivity index (χ1) is 8.16. The van der Waals surface area contributed by atoms with Crippen LogP contribution in [0.4, 0.5) is 4.79 Å². The van der Waals surface area contributed by atoms with Crippen molar-refractivity contribution in [3.8, 4) is 16.9 Å². The molecule has 0 radical (unpaired) electrons. The summed E-state index contributed by atoms with van der Waals surface area (Å²) in [6, 6.07) is 15.2. The summed E-state index contributed by atoms with van der Waals surface area (Å²) in [6.07, 6.45) is -1.29. The van der Waals surface area contributed by atoms with E-state index in [0.717, 1.165) is 16.7 Å². The third-order valence-corrected chi connectivity index (χ3v) is 2.49. The average Bonchev–Trinajstić information content (AvgIpc) is 2.29. The smallest absolute Gasteiger partial charge is 0.449 e. The molecule has 0 fully saturated rings. The molecule has 2 aromatic rings. The van der Waals surface area contributed by atoms with Crippen LogP contribution in [0.25, 0.3) is 11.1 Å². The molecule has 0 aliphatic heterocycles. The van der Waals surface area contributed by atoms with E-state index in [2.05, 4.69) is 4.74 Å². The highest BCUT2D eigenvalue weighted by atomic mass is 16.7. The lowest BCUT2D eigenvalue weighted by atomic mass is 10.0. The standard InChI is InChI=1S/C14H12O3/c1-10-9-12(17-14(15)16)7-8-13(10)11-5-3-2-4-6-11/h2-9H,1H3,(H,15,16). The summed E-state index contributed by atoms with van der Waals surface area (Å²) in [6.45, 7) is 1.93. The third-order valence-electron chi connectivity index (χ3n) is 2.49. The molecule has 0 saturated heterocycles. The van der Waals surface area contributed by atoms with Crippen LogP contribution in [0.2, 0.25) is 0 Å². The Labute approximate surface area is 99.3 Å². The van der Waals surface area contributed by atoms with Gasteiger partial charge >= 0.3 is 6.16 Å². The van der Waals surface area contributed by atoms with Gasteiger partial charge in [-0.2, -0.15) is 0 Å². The molecule has 0 saturated carbocycles. The Morgan fingerprint density at radius 2 is 1.82 bits per heavy atom. The van der Waals surface area contributed by atoms with E-state index in [-0.39, 0.29) is 0 Å². The van der Waals surface area contributed by atoms with Crippen LogP contribution in [0.3, 0.4) is 0 Å². The van der Waals surface area contributed by atoms with Gasteiger partial charge in [-0.1, -0.05) is 36.4 Å². The lowest BCUT2D eigenvalue weighted by Gasteiger charge is -2.07. The first-order valence-corrected chi connectivity index (χ1v) is 5.23. The number of hydrogen-bond donors (Lipinski definition) is 1. The van der Waals surface area contributed by atoms with Crippen LogP contribution in [-0.4, -0.2) is 11.3 Å². The summed E-state index contributed by atoms with van der Waals surface area (Å²) < 4.78 is 4.60. The maximum absolute atomic E-state index is 10.4. The van der Waals surface area contributed by atoms with Crippen molar-refractivity contribution in [1.29, 1.82) is 0 Å². The minimum atomic E-state index is -1.29. The Morgan fingerprint density at radius 1 is 1.12 bits per heavy atom. The Hall–Kier alpha value is -2.29. The van der Waals surface area contributed by atoms with E-state index in [1.165, 1.54) is 0 Å². The zero-order valence-corrected chi connectivity index (χ0v) is 9.38. The monoisotopic (exact) mass is 228 g/mol. The quantitative estimate of drug-likeness (QED) is 0.629. The number of ether oxygens (including phenoxy) is 1. The summed E-state index contributed by atoms with van der Waals surface area (Å²) in [5.41, 5.74) is 3.16. The molecular formula is C14H12O3. The molecule has 0 bridgehead atoms. The fourth-order valence-electron chi connectivity index (χ4n) is 1.74. The van der Waals surface area contributed by atoms with Gasteiger partial charge in [0.05, 0.1) is 0 Å². The first kappa shape index (κ1) is 11.2. The van der Waals surface area contributed by atoms with Gasteiger partial charge in [-0.3, -0.25) is 0 Å². The normalized spacial score (nSPS) is 9.94. The van der Waals surface area contributed by atoms with Gasteiger partial charge in [-0.05, 0) is 35.7 Å². The molecule has 1 N–H and O–H groups in total. The lowest BCUT2D eigenvalue weighted by molar-refractivity contribution is 0.144. The molecule has 2 rings (SSSR count). The van der Waals surface area contributed by atoms with Crippen LogP contribution in [0, 0.1) is 6.92 Å². The highest BCUT2D eigenvalue weighted by Crippen LogP contribution is 2.26.